The quantitative estimate of drug-likeness (QED) is 0.710. The fraction of sp³-hybridized carbons (Fsp3) is 0.400. The highest BCUT2D eigenvalue weighted by Crippen LogP contribution is 1.79. The number of carbonyl (C=O) groups excluding carboxylic acids is 3. The number of ketones is 3. The Morgan fingerprint density at radius 3 is 0.556 bits per heavy atom. The Kier molecular flexibility index (Phi) is 21.1. The molecule has 0 unspecified atom stereocenters. The third kappa shape index (κ3) is 139. The second-order valence-corrected chi connectivity index (χ2v) is 3.88. The van der Waals surface area contributed by atoms with Crippen LogP contribution >= 0.6 is 0 Å². The van der Waals surface area contributed by atoms with Gasteiger partial charge in [0.2, 0.25) is 0 Å². The Morgan fingerprint density at radius 2 is 0.500 bits per heavy atom. The minimum atomic E-state index is 0.167. The van der Waals surface area contributed by atoms with Crippen molar-refractivity contribution in [2.75, 3.05) is 0 Å². The molecule has 0 aliphatic carbocycles. The van der Waals surface area contributed by atoms with Gasteiger partial charge in [-0.05, 0) is 41.5 Å². The van der Waals surface area contributed by atoms with E-state index < -0.39 is 0 Å². The second-order valence-electron chi connectivity index (χ2n) is 3.88. The summed E-state index contributed by atoms with van der Waals surface area (Å²) in [5, 5.41) is 0. The number of hydrogen-bond donors (Lipinski definition) is 0. The first-order chi connectivity index (χ1) is 8.20. The Hall–Kier alpha value is -1.77. The van der Waals surface area contributed by atoms with Gasteiger partial charge in [-0.1, -0.05) is 36.4 Å². The summed E-state index contributed by atoms with van der Waals surface area (Å²) in [6.45, 7) is 9.17. The third-order valence-electron chi connectivity index (χ3n) is 0.667. The lowest BCUT2D eigenvalue weighted by atomic mass is 10.4. The highest BCUT2D eigenvalue weighted by Gasteiger charge is 1.63. The lowest BCUT2D eigenvalue weighted by molar-refractivity contribution is -0.115. The summed E-state index contributed by atoms with van der Waals surface area (Å²) >= 11 is 0. The molecule has 0 aliphatic rings. The molecule has 0 N–H and O–H groups in total. The molecule has 0 aliphatic heterocycles. The molecule has 0 bridgehead atoms. The molecule has 0 spiro atoms. The monoisotopic (exact) mass is 252 g/mol. The van der Waals surface area contributed by atoms with Gasteiger partial charge in [0.05, 0.1) is 0 Å². The van der Waals surface area contributed by atoms with E-state index in [0.717, 1.165) is 0 Å². The topological polar surface area (TPSA) is 51.2 Å². The van der Waals surface area contributed by atoms with Crippen LogP contribution in [0.4, 0.5) is 0 Å². The van der Waals surface area contributed by atoms with Gasteiger partial charge < -0.3 is 14.4 Å². The minimum Gasteiger partial charge on any atom is -0.300 e. The van der Waals surface area contributed by atoms with Crippen LogP contribution in [0.25, 0.3) is 0 Å². The molecule has 3 heteroatoms. The first kappa shape index (κ1) is 21.5. The smallest absolute Gasteiger partial charge is 0.126 e. The van der Waals surface area contributed by atoms with Gasteiger partial charge in [0.1, 0.15) is 17.3 Å². The maximum atomic E-state index is 9.44. The molecule has 0 aromatic heterocycles. The summed E-state index contributed by atoms with van der Waals surface area (Å²) in [6.07, 6.45) is 0. The average Bonchev–Trinajstić information content (AvgIpc) is 2.17. The van der Waals surface area contributed by atoms with Gasteiger partial charge in [0.25, 0.3) is 0 Å². The second kappa shape index (κ2) is 17.6. The fourth-order valence-corrected chi connectivity index (χ4v) is 0.385. The number of Topliss-reactive ketones (excluding diaryl/α,β-unsaturated/α-hetero) is 3. The Balaban J connectivity index is -0.000000171. The molecule has 0 atom stereocenters. The fourth-order valence-electron chi connectivity index (χ4n) is 0.385. The summed E-state index contributed by atoms with van der Waals surface area (Å²) in [5.74, 6) is 0.500. The summed E-state index contributed by atoms with van der Waals surface area (Å²) in [5.41, 5.74) is 0. The van der Waals surface area contributed by atoms with Crippen molar-refractivity contribution in [3.8, 4) is 0 Å². The Bertz CT molecular complexity index is 249. The van der Waals surface area contributed by atoms with E-state index in [1.807, 2.05) is 36.4 Å². The SMILES string of the molecule is CC(C)=O.CC(C)=O.CC(C)=O.c1ccccc1. The van der Waals surface area contributed by atoms with Gasteiger partial charge in [-0.15, -0.1) is 0 Å². The van der Waals surface area contributed by atoms with Gasteiger partial charge in [0.15, 0.2) is 0 Å². The Labute approximate surface area is 110 Å². The van der Waals surface area contributed by atoms with Crippen LogP contribution in [-0.4, -0.2) is 17.3 Å². The molecule has 0 saturated heterocycles. The largest absolute Gasteiger partial charge is 0.300 e. The van der Waals surface area contributed by atoms with Crippen LogP contribution in [0.3, 0.4) is 0 Å². The van der Waals surface area contributed by atoms with Gasteiger partial charge >= 0.3 is 0 Å². The number of benzene rings is 1. The molecule has 0 amide bonds. The van der Waals surface area contributed by atoms with Crippen molar-refractivity contribution in [1.29, 1.82) is 0 Å². The predicted octanol–water partition coefficient (Wildman–Crippen LogP) is 3.47. The molecule has 1 rings (SSSR count). The van der Waals surface area contributed by atoms with E-state index in [2.05, 4.69) is 0 Å². The van der Waals surface area contributed by atoms with E-state index in [4.69, 9.17) is 0 Å². The molecule has 0 radical (unpaired) electrons. The maximum Gasteiger partial charge on any atom is 0.126 e. The summed E-state index contributed by atoms with van der Waals surface area (Å²) < 4.78 is 0. The molecule has 0 heterocycles. The van der Waals surface area contributed by atoms with Crippen LogP contribution in [0.5, 0.6) is 0 Å². The van der Waals surface area contributed by atoms with Crippen LogP contribution in [0.2, 0.25) is 0 Å². The van der Waals surface area contributed by atoms with E-state index in [1.165, 1.54) is 41.5 Å². The van der Waals surface area contributed by atoms with Crippen molar-refractivity contribution < 1.29 is 14.4 Å². The van der Waals surface area contributed by atoms with Crippen molar-refractivity contribution >= 4 is 17.3 Å². The van der Waals surface area contributed by atoms with Crippen molar-refractivity contribution in [3.05, 3.63) is 36.4 Å². The highest BCUT2D eigenvalue weighted by atomic mass is 16.1. The number of carbonyl (C=O) groups is 3. The molecule has 1 aromatic carbocycles. The molecule has 102 valence electrons. The zero-order valence-corrected chi connectivity index (χ0v) is 12.2. The zero-order chi connectivity index (χ0) is 15.0. The number of hydrogen-bond acceptors (Lipinski definition) is 3. The number of rotatable bonds is 0. The van der Waals surface area contributed by atoms with Gasteiger partial charge in [-0.2, -0.15) is 0 Å². The third-order valence-corrected chi connectivity index (χ3v) is 0.667. The maximum absolute atomic E-state index is 9.44. The summed E-state index contributed by atoms with van der Waals surface area (Å²) in [4.78, 5) is 28.3. The molecular formula is C15H24O3. The van der Waals surface area contributed by atoms with Gasteiger partial charge in [-0.25, -0.2) is 0 Å². The molecule has 3 nitrogen and oxygen atoms in total. The van der Waals surface area contributed by atoms with Crippen LogP contribution in [0, 0.1) is 0 Å². The van der Waals surface area contributed by atoms with E-state index >= 15 is 0 Å². The summed E-state index contributed by atoms with van der Waals surface area (Å²) in [7, 11) is 0. The molecule has 0 fully saturated rings. The van der Waals surface area contributed by atoms with Crippen LogP contribution in [0.1, 0.15) is 41.5 Å². The van der Waals surface area contributed by atoms with E-state index in [9.17, 15) is 14.4 Å². The predicted molar refractivity (Wildman–Crippen MR) is 75.5 cm³/mol. The van der Waals surface area contributed by atoms with E-state index in [1.54, 1.807) is 0 Å². The van der Waals surface area contributed by atoms with Crippen LogP contribution in [-0.2, 0) is 14.4 Å². The van der Waals surface area contributed by atoms with E-state index in [0.29, 0.717) is 0 Å². The first-order valence-electron chi connectivity index (χ1n) is 5.61. The molecule has 0 saturated carbocycles. The van der Waals surface area contributed by atoms with E-state index in [-0.39, 0.29) is 17.3 Å². The molecule has 18 heavy (non-hydrogen) atoms. The van der Waals surface area contributed by atoms with Crippen molar-refractivity contribution in [3.63, 3.8) is 0 Å². The highest BCUT2D eigenvalue weighted by molar-refractivity contribution is 5.72. The van der Waals surface area contributed by atoms with Crippen molar-refractivity contribution in [2.24, 2.45) is 0 Å². The van der Waals surface area contributed by atoms with Crippen LogP contribution < -0.4 is 0 Å². The summed E-state index contributed by atoms with van der Waals surface area (Å²) in [6, 6.07) is 12.0. The van der Waals surface area contributed by atoms with Crippen LogP contribution in [0.15, 0.2) is 36.4 Å². The molecule has 1 aromatic rings. The minimum absolute atomic E-state index is 0.167. The zero-order valence-electron chi connectivity index (χ0n) is 12.2. The standard InChI is InChI=1S/C6H6.3C3H6O/c1-2-4-6-5-3-1;3*1-3(2)4/h1-6H;3*1-2H3. The van der Waals surface area contributed by atoms with Gasteiger partial charge in [-0.3, -0.25) is 0 Å². The van der Waals surface area contributed by atoms with Crippen molar-refractivity contribution in [1.82, 2.24) is 0 Å². The average molecular weight is 252 g/mol. The van der Waals surface area contributed by atoms with Crippen molar-refractivity contribution in [2.45, 2.75) is 41.5 Å². The van der Waals surface area contributed by atoms with Gasteiger partial charge in [0, 0.05) is 0 Å². The Morgan fingerprint density at radius 1 is 0.444 bits per heavy atom. The lowest BCUT2D eigenvalue weighted by Gasteiger charge is -1.69. The lowest BCUT2D eigenvalue weighted by Crippen LogP contribution is -1.69. The molecular weight excluding hydrogens is 228 g/mol. The normalized spacial score (nSPS) is 7.00. The first-order valence-corrected chi connectivity index (χ1v) is 5.61.